The summed E-state index contributed by atoms with van der Waals surface area (Å²) in [6.07, 6.45) is -2.43. The van der Waals surface area contributed by atoms with E-state index >= 15 is 0 Å². The molecular weight excluding hydrogens is 221 g/mol. The summed E-state index contributed by atoms with van der Waals surface area (Å²) in [4.78, 5) is 1.07. The summed E-state index contributed by atoms with van der Waals surface area (Å²) in [6.45, 7) is 2.06. The van der Waals surface area contributed by atoms with Crippen molar-refractivity contribution in [2.75, 3.05) is 5.75 Å². The summed E-state index contributed by atoms with van der Waals surface area (Å²) in [6, 6.07) is 4.04. The molecule has 0 bridgehead atoms. The van der Waals surface area contributed by atoms with Gasteiger partial charge in [-0.15, -0.1) is 0 Å². The molecule has 4 heteroatoms. The lowest BCUT2D eigenvalue weighted by atomic mass is 10.1. The van der Waals surface area contributed by atoms with Crippen LogP contribution >= 0.6 is 10.9 Å². The molecule has 1 unspecified atom stereocenters. The van der Waals surface area contributed by atoms with Crippen LogP contribution in [0.2, 0.25) is 0 Å². The maximum Gasteiger partial charge on any atom is 0.416 e. The molecule has 1 aromatic rings. The molecule has 1 atom stereocenters. The number of hydrogen-bond acceptors (Lipinski definition) is 0. The largest absolute Gasteiger partial charge is 0.416 e. The molecule has 15 heavy (non-hydrogen) atoms. The molecule has 0 amide bonds. The van der Waals surface area contributed by atoms with Crippen LogP contribution in [0.4, 0.5) is 13.2 Å². The quantitative estimate of drug-likeness (QED) is 0.693. The van der Waals surface area contributed by atoms with Crippen LogP contribution in [-0.2, 0) is 6.18 Å². The Morgan fingerprint density at radius 2 is 2.00 bits per heavy atom. The Bertz CT molecular complexity index is 407. The lowest BCUT2D eigenvalue weighted by Gasteiger charge is -2.14. The summed E-state index contributed by atoms with van der Waals surface area (Å²) in [7, 11) is -0.355. The molecule has 0 nitrogen and oxygen atoms in total. The lowest BCUT2D eigenvalue weighted by Crippen LogP contribution is -2.04. The molecule has 1 aliphatic rings. The molecule has 0 saturated carbocycles. The van der Waals surface area contributed by atoms with Crippen molar-refractivity contribution >= 4 is 17.0 Å². The van der Waals surface area contributed by atoms with E-state index in [0.29, 0.717) is 0 Å². The number of rotatable bonds is 1. The fourth-order valence-electron chi connectivity index (χ4n) is 1.65. The highest BCUT2D eigenvalue weighted by Crippen LogP contribution is 2.46. The van der Waals surface area contributed by atoms with Gasteiger partial charge in [0.25, 0.3) is 0 Å². The molecule has 0 saturated heterocycles. The first-order valence-corrected chi connectivity index (χ1v) is 6.28. The minimum absolute atomic E-state index is 0.355. The third-order valence-electron chi connectivity index (χ3n) is 2.44. The highest BCUT2D eigenvalue weighted by molar-refractivity contribution is 8.20. The first kappa shape index (κ1) is 10.6. The minimum atomic E-state index is -4.24. The molecule has 1 heterocycles. The second-order valence-corrected chi connectivity index (χ2v) is 5.73. The summed E-state index contributed by atoms with van der Waals surface area (Å²) >= 11 is 0. The Morgan fingerprint density at radius 1 is 1.27 bits per heavy atom. The number of halogens is 3. The van der Waals surface area contributed by atoms with Crippen LogP contribution in [0.5, 0.6) is 0 Å². The van der Waals surface area contributed by atoms with Gasteiger partial charge in [0.05, 0.1) is 5.56 Å². The van der Waals surface area contributed by atoms with Crippen molar-refractivity contribution in [3.05, 3.63) is 34.7 Å². The number of benzene rings is 1. The number of alkyl halides is 3. The molecule has 0 aliphatic carbocycles. The first-order valence-electron chi connectivity index (χ1n) is 4.68. The standard InChI is InChI=1S/C11H11F3S/c1-2-15-6-5-8-7-9(11(12,13)14)3-4-10(8)15/h3-7,15H,2H2,1H3. The number of hydrogen-bond donors (Lipinski definition) is 1. The molecular formula is C11H11F3S. The third-order valence-corrected chi connectivity index (χ3v) is 4.66. The second kappa shape index (κ2) is 3.59. The highest BCUT2D eigenvalue weighted by Gasteiger charge is 2.31. The van der Waals surface area contributed by atoms with Gasteiger partial charge in [-0.25, -0.2) is 10.9 Å². The molecule has 2 rings (SSSR count). The van der Waals surface area contributed by atoms with Crippen molar-refractivity contribution in [2.45, 2.75) is 18.0 Å². The van der Waals surface area contributed by atoms with Crippen molar-refractivity contribution in [1.82, 2.24) is 0 Å². The Morgan fingerprint density at radius 3 is 2.60 bits per heavy atom. The SMILES string of the molecule is CC[SH]1C=Cc2cc(C(F)(F)F)ccc21. The molecule has 0 aromatic heterocycles. The van der Waals surface area contributed by atoms with Crippen LogP contribution in [0.15, 0.2) is 28.5 Å². The van der Waals surface area contributed by atoms with E-state index in [2.05, 4.69) is 6.92 Å². The molecule has 82 valence electrons. The van der Waals surface area contributed by atoms with Gasteiger partial charge >= 0.3 is 6.18 Å². The van der Waals surface area contributed by atoms with Gasteiger partial charge in [0.15, 0.2) is 0 Å². The van der Waals surface area contributed by atoms with Crippen LogP contribution in [0.25, 0.3) is 6.08 Å². The van der Waals surface area contributed by atoms with Crippen LogP contribution in [-0.4, -0.2) is 5.75 Å². The average Bonchev–Trinajstić information content (AvgIpc) is 2.58. The van der Waals surface area contributed by atoms with Gasteiger partial charge < -0.3 is 0 Å². The predicted molar refractivity (Wildman–Crippen MR) is 58.3 cm³/mol. The monoisotopic (exact) mass is 232 g/mol. The topological polar surface area (TPSA) is 0 Å². The Balaban J connectivity index is 2.42. The maximum atomic E-state index is 12.4. The zero-order valence-electron chi connectivity index (χ0n) is 8.17. The molecule has 1 aromatic carbocycles. The van der Waals surface area contributed by atoms with Gasteiger partial charge in [-0.2, -0.15) is 13.2 Å². The van der Waals surface area contributed by atoms with E-state index in [-0.39, 0.29) is 10.9 Å². The molecule has 0 radical (unpaired) electrons. The summed E-state index contributed by atoms with van der Waals surface area (Å²) in [5.74, 6) is 0.990. The van der Waals surface area contributed by atoms with E-state index in [9.17, 15) is 13.2 Å². The van der Waals surface area contributed by atoms with Crippen molar-refractivity contribution in [3.63, 3.8) is 0 Å². The van der Waals surface area contributed by atoms with Gasteiger partial charge in [-0.3, -0.25) is 0 Å². The lowest BCUT2D eigenvalue weighted by molar-refractivity contribution is -0.137. The fraction of sp³-hybridized carbons (Fsp3) is 0.273. The Kier molecular flexibility index (Phi) is 2.54. The van der Waals surface area contributed by atoms with Gasteiger partial charge in [-0.05, 0) is 45.9 Å². The van der Waals surface area contributed by atoms with Crippen molar-refractivity contribution in [3.8, 4) is 0 Å². The van der Waals surface area contributed by atoms with E-state index in [1.807, 2.05) is 5.41 Å². The van der Waals surface area contributed by atoms with Crippen molar-refractivity contribution in [2.24, 2.45) is 0 Å². The second-order valence-electron chi connectivity index (χ2n) is 3.37. The van der Waals surface area contributed by atoms with Crippen molar-refractivity contribution < 1.29 is 13.2 Å². The van der Waals surface area contributed by atoms with Crippen LogP contribution in [0, 0.1) is 0 Å². The molecule has 0 N–H and O–H groups in total. The van der Waals surface area contributed by atoms with Gasteiger partial charge in [-0.1, -0.05) is 6.92 Å². The average molecular weight is 232 g/mol. The number of thiol groups is 1. The van der Waals surface area contributed by atoms with Gasteiger partial charge in [0, 0.05) is 0 Å². The predicted octanol–water partition coefficient (Wildman–Crippen LogP) is 4.07. The zero-order chi connectivity index (χ0) is 11.1. The van der Waals surface area contributed by atoms with Gasteiger partial charge in [0.2, 0.25) is 0 Å². The van der Waals surface area contributed by atoms with E-state index in [1.165, 1.54) is 12.1 Å². The van der Waals surface area contributed by atoms with E-state index in [4.69, 9.17) is 0 Å². The van der Waals surface area contributed by atoms with E-state index in [1.54, 1.807) is 12.1 Å². The van der Waals surface area contributed by atoms with Crippen molar-refractivity contribution in [1.29, 1.82) is 0 Å². The van der Waals surface area contributed by atoms with Crippen LogP contribution in [0.3, 0.4) is 0 Å². The van der Waals surface area contributed by atoms with E-state index in [0.717, 1.165) is 16.2 Å². The maximum absolute atomic E-state index is 12.4. The first-order chi connectivity index (χ1) is 7.02. The normalized spacial score (nSPS) is 21.7. The minimum Gasteiger partial charge on any atom is -0.206 e. The summed E-state index contributed by atoms with van der Waals surface area (Å²) in [5.41, 5.74) is 0.177. The van der Waals surface area contributed by atoms with Crippen LogP contribution < -0.4 is 0 Å². The number of fused-ring (bicyclic) bond motifs is 1. The Labute approximate surface area is 89.1 Å². The van der Waals surface area contributed by atoms with Gasteiger partial charge in [0.1, 0.15) is 0 Å². The third kappa shape index (κ3) is 1.91. The molecule has 1 aliphatic heterocycles. The molecule has 0 spiro atoms. The van der Waals surface area contributed by atoms with E-state index < -0.39 is 11.7 Å². The smallest absolute Gasteiger partial charge is 0.206 e. The fourth-order valence-corrected chi connectivity index (χ4v) is 3.44. The summed E-state index contributed by atoms with van der Waals surface area (Å²) < 4.78 is 37.2. The Hall–Kier alpha value is -0.900. The van der Waals surface area contributed by atoms with Crippen LogP contribution in [0.1, 0.15) is 18.1 Å². The summed E-state index contributed by atoms with van der Waals surface area (Å²) in [5, 5.41) is 2.03. The molecule has 0 fully saturated rings. The zero-order valence-corrected chi connectivity index (χ0v) is 9.07. The highest BCUT2D eigenvalue weighted by atomic mass is 32.2.